The Morgan fingerprint density at radius 2 is 2.13 bits per heavy atom. The van der Waals surface area contributed by atoms with Gasteiger partial charge in [0.05, 0.1) is 16.3 Å². The maximum Gasteiger partial charge on any atom is 0.0794 e. The van der Waals surface area contributed by atoms with Crippen molar-refractivity contribution < 1.29 is 4.74 Å². The molecule has 3 nitrogen and oxygen atoms in total. The fraction of sp³-hybridized carbons (Fsp3) is 0.455. The molecule has 0 spiro atoms. The molecule has 0 aliphatic carbocycles. The number of hydrogen-bond acceptors (Lipinski definition) is 3. The minimum absolute atomic E-state index is 0.218. The number of hydrogen-bond donors (Lipinski definition) is 2. The van der Waals surface area contributed by atoms with E-state index in [1.165, 1.54) is 0 Å². The number of nitrogen functional groups attached to an aromatic ring is 1. The second kappa shape index (κ2) is 4.73. The van der Waals surface area contributed by atoms with Crippen molar-refractivity contribution in [3.05, 3.63) is 23.2 Å². The first-order valence-electron chi connectivity index (χ1n) is 4.79. The van der Waals surface area contributed by atoms with Crippen LogP contribution in [-0.4, -0.2) is 19.3 Å². The molecule has 1 aromatic rings. The normalized spacial score (nSPS) is 11.5. The van der Waals surface area contributed by atoms with Gasteiger partial charge in [-0.05, 0) is 32.0 Å². The molecule has 0 saturated carbocycles. The van der Waals surface area contributed by atoms with Crippen LogP contribution in [0.25, 0.3) is 0 Å². The van der Waals surface area contributed by atoms with Gasteiger partial charge in [-0.1, -0.05) is 11.6 Å². The molecule has 0 amide bonds. The van der Waals surface area contributed by atoms with E-state index in [1.54, 1.807) is 13.2 Å². The highest BCUT2D eigenvalue weighted by Gasteiger charge is 2.16. The van der Waals surface area contributed by atoms with Gasteiger partial charge in [0.25, 0.3) is 0 Å². The van der Waals surface area contributed by atoms with Gasteiger partial charge in [-0.3, -0.25) is 0 Å². The first kappa shape index (κ1) is 12.1. The number of halogens is 1. The van der Waals surface area contributed by atoms with Crippen molar-refractivity contribution in [1.82, 2.24) is 0 Å². The number of nitrogens with one attached hydrogen (secondary N) is 1. The van der Waals surface area contributed by atoms with Crippen LogP contribution in [0.15, 0.2) is 18.2 Å². The average Bonchev–Trinajstić information content (AvgIpc) is 2.16. The highest BCUT2D eigenvalue weighted by molar-refractivity contribution is 6.33. The molecule has 0 aromatic heterocycles. The van der Waals surface area contributed by atoms with Gasteiger partial charge in [0.1, 0.15) is 0 Å². The van der Waals surface area contributed by atoms with Crippen molar-refractivity contribution in [1.29, 1.82) is 0 Å². The molecular weight excluding hydrogens is 212 g/mol. The topological polar surface area (TPSA) is 47.3 Å². The smallest absolute Gasteiger partial charge is 0.0794 e. The zero-order valence-corrected chi connectivity index (χ0v) is 10.1. The third kappa shape index (κ3) is 3.61. The molecule has 0 fully saturated rings. The molecule has 15 heavy (non-hydrogen) atoms. The summed E-state index contributed by atoms with van der Waals surface area (Å²) in [7, 11) is 1.69. The van der Waals surface area contributed by atoms with Crippen molar-refractivity contribution in [3.63, 3.8) is 0 Å². The Bertz CT molecular complexity index is 339. The SMILES string of the molecule is COC(C)(C)CNc1ccc(N)cc1Cl. The van der Waals surface area contributed by atoms with Gasteiger partial charge in [-0.15, -0.1) is 0 Å². The van der Waals surface area contributed by atoms with Crippen LogP contribution in [0.4, 0.5) is 11.4 Å². The Kier molecular flexibility index (Phi) is 3.83. The lowest BCUT2D eigenvalue weighted by Gasteiger charge is -2.24. The highest BCUT2D eigenvalue weighted by Crippen LogP contribution is 2.24. The van der Waals surface area contributed by atoms with Crippen molar-refractivity contribution in [2.24, 2.45) is 0 Å². The van der Waals surface area contributed by atoms with E-state index in [-0.39, 0.29) is 5.60 Å². The monoisotopic (exact) mass is 228 g/mol. The van der Waals surface area contributed by atoms with E-state index in [0.717, 1.165) is 5.69 Å². The van der Waals surface area contributed by atoms with Gasteiger partial charge in [0.15, 0.2) is 0 Å². The molecule has 0 atom stereocenters. The zero-order valence-electron chi connectivity index (χ0n) is 9.30. The Balaban J connectivity index is 2.66. The molecule has 3 N–H and O–H groups in total. The van der Waals surface area contributed by atoms with E-state index in [1.807, 2.05) is 26.0 Å². The highest BCUT2D eigenvalue weighted by atomic mass is 35.5. The van der Waals surface area contributed by atoms with Crippen LogP contribution in [0.2, 0.25) is 5.02 Å². The lowest BCUT2D eigenvalue weighted by molar-refractivity contribution is 0.0344. The lowest BCUT2D eigenvalue weighted by Crippen LogP contribution is -2.32. The minimum atomic E-state index is -0.218. The van der Waals surface area contributed by atoms with Crippen molar-refractivity contribution in [2.45, 2.75) is 19.4 Å². The second-order valence-electron chi connectivity index (χ2n) is 4.06. The molecular formula is C11H17ClN2O. The van der Waals surface area contributed by atoms with Gasteiger partial charge >= 0.3 is 0 Å². The quantitative estimate of drug-likeness (QED) is 0.780. The van der Waals surface area contributed by atoms with Crippen LogP contribution < -0.4 is 11.1 Å². The second-order valence-corrected chi connectivity index (χ2v) is 4.46. The fourth-order valence-electron chi connectivity index (χ4n) is 1.05. The summed E-state index contributed by atoms with van der Waals surface area (Å²) in [5.41, 5.74) is 6.92. The summed E-state index contributed by atoms with van der Waals surface area (Å²) >= 11 is 6.02. The van der Waals surface area contributed by atoms with E-state index < -0.39 is 0 Å². The standard InChI is InChI=1S/C11H17ClN2O/c1-11(2,15-3)7-14-10-5-4-8(13)6-9(10)12/h4-6,14H,7,13H2,1-3H3. The maximum absolute atomic E-state index is 6.02. The van der Waals surface area contributed by atoms with Gasteiger partial charge in [-0.2, -0.15) is 0 Å². The minimum Gasteiger partial charge on any atom is -0.399 e. The summed E-state index contributed by atoms with van der Waals surface area (Å²) in [6.07, 6.45) is 0. The van der Waals surface area contributed by atoms with E-state index in [9.17, 15) is 0 Å². The molecule has 0 saturated heterocycles. The third-order valence-electron chi connectivity index (χ3n) is 2.25. The summed E-state index contributed by atoms with van der Waals surface area (Å²) in [5.74, 6) is 0. The Morgan fingerprint density at radius 3 is 2.67 bits per heavy atom. The molecule has 0 bridgehead atoms. The van der Waals surface area contributed by atoms with Crippen LogP contribution in [0.5, 0.6) is 0 Å². The zero-order chi connectivity index (χ0) is 11.5. The molecule has 0 heterocycles. The van der Waals surface area contributed by atoms with Gasteiger partial charge in [0, 0.05) is 19.3 Å². The molecule has 0 radical (unpaired) electrons. The van der Waals surface area contributed by atoms with Crippen LogP contribution in [0, 0.1) is 0 Å². The Hall–Kier alpha value is -0.930. The first-order chi connectivity index (χ1) is 6.94. The van der Waals surface area contributed by atoms with Gasteiger partial charge in [-0.25, -0.2) is 0 Å². The van der Waals surface area contributed by atoms with E-state index in [0.29, 0.717) is 17.3 Å². The number of rotatable bonds is 4. The number of nitrogens with two attached hydrogens (primary N) is 1. The molecule has 0 unspecified atom stereocenters. The molecule has 1 aromatic carbocycles. The van der Waals surface area contributed by atoms with Crippen LogP contribution in [0.3, 0.4) is 0 Å². The van der Waals surface area contributed by atoms with Crippen LogP contribution in [-0.2, 0) is 4.74 Å². The molecule has 4 heteroatoms. The third-order valence-corrected chi connectivity index (χ3v) is 2.56. The first-order valence-corrected chi connectivity index (χ1v) is 5.16. The van der Waals surface area contributed by atoms with Gasteiger partial charge < -0.3 is 15.8 Å². The summed E-state index contributed by atoms with van der Waals surface area (Å²) in [4.78, 5) is 0. The Labute approximate surface area is 95.6 Å². The molecule has 0 aliphatic heterocycles. The van der Waals surface area contributed by atoms with Crippen LogP contribution in [0.1, 0.15) is 13.8 Å². The maximum atomic E-state index is 6.02. The summed E-state index contributed by atoms with van der Waals surface area (Å²) in [6.45, 7) is 4.70. The van der Waals surface area contributed by atoms with E-state index >= 15 is 0 Å². The molecule has 1 rings (SSSR count). The number of benzene rings is 1. The lowest BCUT2D eigenvalue weighted by atomic mass is 10.1. The Morgan fingerprint density at radius 1 is 1.47 bits per heavy atom. The average molecular weight is 229 g/mol. The summed E-state index contributed by atoms with van der Waals surface area (Å²) in [5, 5.41) is 3.85. The number of ether oxygens (including phenoxy) is 1. The fourth-order valence-corrected chi connectivity index (χ4v) is 1.31. The number of methoxy groups -OCH3 is 1. The molecule has 84 valence electrons. The largest absolute Gasteiger partial charge is 0.399 e. The molecule has 0 aliphatic rings. The van der Waals surface area contributed by atoms with Crippen molar-refractivity contribution in [2.75, 3.05) is 24.7 Å². The van der Waals surface area contributed by atoms with E-state index in [4.69, 9.17) is 22.1 Å². The predicted octanol–water partition coefficient (Wildman–Crippen LogP) is 2.76. The summed E-state index contributed by atoms with van der Waals surface area (Å²) < 4.78 is 5.29. The predicted molar refractivity (Wildman–Crippen MR) is 65.4 cm³/mol. The van der Waals surface area contributed by atoms with Crippen molar-refractivity contribution in [3.8, 4) is 0 Å². The number of anilines is 2. The van der Waals surface area contributed by atoms with Gasteiger partial charge in [0.2, 0.25) is 0 Å². The van der Waals surface area contributed by atoms with Crippen LogP contribution >= 0.6 is 11.6 Å². The van der Waals surface area contributed by atoms with Crippen molar-refractivity contribution >= 4 is 23.0 Å². The summed E-state index contributed by atoms with van der Waals surface area (Å²) in [6, 6.07) is 5.40. The van der Waals surface area contributed by atoms with E-state index in [2.05, 4.69) is 5.32 Å².